The second-order valence-corrected chi connectivity index (χ2v) is 8.01. The second-order valence-electron chi connectivity index (χ2n) is 5.86. The van der Waals surface area contributed by atoms with Crippen LogP contribution in [0.25, 0.3) is 0 Å². The normalized spacial score (nSPS) is 27.3. The smallest absolute Gasteiger partial charge is 0.317 e. The van der Waals surface area contributed by atoms with Gasteiger partial charge in [-0.2, -0.15) is 4.31 Å². The molecular formula is C15H21N3O4S. The minimum atomic E-state index is -3.31. The summed E-state index contributed by atoms with van der Waals surface area (Å²) in [5.41, 5.74) is 1.02. The van der Waals surface area contributed by atoms with Crippen LogP contribution in [0.5, 0.6) is 0 Å². The minimum Gasteiger partial charge on any atom is -0.374 e. The number of nitrogens with zero attached hydrogens (tertiary/aromatic N) is 2. The van der Waals surface area contributed by atoms with E-state index in [1.54, 1.807) is 11.9 Å². The average molecular weight is 339 g/mol. The van der Waals surface area contributed by atoms with Gasteiger partial charge in [0, 0.05) is 20.1 Å². The molecular weight excluding hydrogens is 318 g/mol. The van der Waals surface area contributed by atoms with Gasteiger partial charge in [-0.25, -0.2) is 13.2 Å². The predicted molar refractivity (Wildman–Crippen MR) is 85.3 cm³/mol. The molecule has 0 saturated carbocycles. The molecule has 2 aliphatic rings. The van der Waals surface area contributed by atoms with Gasteiger partial charge in [0.25, 0.3) is 0 Å². The minimum absolute atomic E-state index is 0.00327. The SMILES string of the molecule is CN1[C@@H]2CN(C(=O)NCc3ccccc3)C[C@@H]2OCCS1(=O)=O. The molecule has 0 spiro atoms. The van der Waals surface area contributed by atoms with E-state index >= 15 is 0 Å². The zero-order chi connectivity index (χ0) is 16.4. The first-order valence-corrected chi connectivity index (χ1v) is 9.22. The molecule has 2 amide bonds. The van der Waals surface area contributed by atoms with E-state index in [9.17, 15) is 13.2 Å². The average Bonchev–Trinajstić information content (AvgIpc) is 2.92. The number of carbonyl (C=O) groups is 1. The molecule has 23 heavy (non-hydrogen) atoms. The lowest BCUT2D eigenvalue weighted by atomic mass is 10.2. The predicted octanol–water partition coefficient (Wildman–Crippen LogP) is 0.241. The van der Waals surface area contributed by atoms with Crippen LogP contribution >= 0.6 is 0 Å². The van der Waals surface area contributed by atoms with Gasteiger partial charge < -0.3 is 15.0 Å². The Kier molecular flexibility index (Phi) is 4.56. The molecule has 2 aliphatic heterocycles. The maximum absolute atomic E-state index is 12.3. The van der Waals surface area contributed by atoms with Crippen molar-refractivity contribution in [1.29, 1.82) is 0 Å². The van der Waals surface area contributed by atoms with Gasteiger partial charge in [0.1, 0.15) is 0 Å². The third-order valence-corrected chi connectivity index (χ3v) is 6.22. The van der Waals surface area contributed by atoms with Crippen molar-refractivity contribution in [2.24, 2.45) is 0 Å². The number of rotatable bonds is 2. The number of likely N-dealkylation sites (N-methyl/N-ethyl adjacent to an activating group) is 1. The molecule has 126 valence electrons. The maximum atomic E-state index is 12.3. The molecule has 1 N–H and O–H groups in total. The topological polar surface area (TPSA) is 79.0 Å². The van der Waals surface area contributed by atoms with Crippen LogP contribution in [0.15, 0.2) is 30.3 Å². The molecule has 0 aliphatic carbocycles. The fraction of sp³-hybridized carbons (Fsp3) is 0.533. The Morgan fingerprint density at radius 2 is 2.04 bits per heavy atom. The number of hydrogen-bond acceptors (Lipinski definition) is 4. The number of carbonyl (C=O) groups excluding carboxylic acids is 1. The van der Waals surface area contributed by atoms with E-state index in [0.717, 1.165) is 5.56 Å². The maximum Gasteiger partial charge on any atom is 0.317 e. The molecule has 8 heteroatoms. The zero-order valence-electron chi connectivity index (χ0n) is 13.0. The Bertz CT molecular complexity index is 665. The van der Waals surface area contributed by atoms with Gasteiger partial charge in [0.05, 0.1) is 31.1 Å². The number of benzene rings is 1. The number of amides is 2. The number of ether oxygens (including phenoxy) is 1. The van der Waals surface area contributed by atoms with E-state index in [1.165, 1.54) is 4.31 Å². The van der Waals surface area contributed by atoms with Gasteiger partial charge in [-0.15, -0.1) is 0 Å². The summed E-state index contributed by atoms with van der Waals surface area (Å²) in [5.74, 6) is -0.00327. The van der Waals surface area contributed by atoms with Crippen LogP contribution < -0.4 is 5.32 Å². The largest absolute Gasteiger partial charge is 0.374 e. The lowest BCUT2D eigenvalue weighted by Crippen LogP contribution is -2.44. The molecule has 0 aromatic heterocycles. The number of urea groups is 1. The summed E-state index contributed by atoms with van der Waals surface area (Å²) in [6, 6.07) is 9.13. The molecule has 1 aromatic rings. The summed E-state index contributed by atoms with van der Waals surface area (Å²) in [7, 11) is -1.74. The summed E-state index contributed by atoms with van der Waals surface area (Å²) in [5, 5.41) is 2.87. The fourth-order valence-corrected chi connectivity index (χ4v) is 4.19. The molecule has 2 atom stereocenters. The highest BCUT2D eigenvalue weighted by Crippen LogP contribution is 2.23. The lowest BCUT2D eigenvalue weighted by Gasteiger charge is -2.23. The van der Waals surface area contributed by atoms with Gasteiger partial charge in [-0.1, -0.05) is 30.3 Å². The van der Waals surface area contributed by atoms with Gasteiger partial charge in [-0.3, -0.25) is 0 Å². The number of hydrogen-bond donors (Lipinski definition) is 1. The Labute approximate surface area is 136 Å². The molecule has 3 rings (SSSR count). The summed E-state index contributed by atoms with van der Waals surface area (Å²) in [6.07, 6.45) is -0.264. The highest BCUT2D eigenvalue weighted by molar-refractivity contribution is 7.89. The third kappa shape index (κ3) is 3.49. The van der Waals surface area contributed by atoms with E-state index in [1.807, 2.05) is 30.3 Å². The first-order valence-electron chi connectivity index (χ1n) is 7.61. The molecule has 0 bridgehead atoms. The molecule has 0 unspecified atom stereocenters. The number of fused-ring (bicyclic) bond motifs is 1. The van der Waals surface area contributed by atoms with E-state index in [2.05, 4.69) is 5.32 Å². The quantitative estimate of drug-likeness (QED) is 0.837. The first kappa shape index (κ1) is 16.2. The molecule has 2 heterocycles. The summed E-state index contributed by atoms with van der Waals surface area (Å²) in [4.78, 5) is 13.9. The van der Waals surface area contributed by atoms with Crippen LogP contribution in [0.4, 0.5) is 4.79 Å². The highest BCUT2D eigenvalue weighted by Gasteiger charge is 2.43. The van der Waals surface area contributed by atoms with Crippen molar-refractivity contribution < 1.29 is 17.9 Å². The van der Waals surface area contributed by atoms with Gasteiger partial charge in [-0.05, 0) is 5.56 Å². The van der Waals surface area contributed by atoms with E-state index in [-0.39, 0.29) is 30.5 Å². The van der Waals surface area contributed by atoms with Crippen molar-refractivity contribution in [3.05, 3.63) is 35.9 Å². The lowest BCUT2D eigenvalue weighted by molar-refractivity contribution is 0.0514. The molecule has 7 nitrogen and oxygen atoms in total. The molecule has 2 fully saturated rings. The van der Waals surface area contributed by atoms with Crippen molar-refractivity contribution in [2.45, 2.75) is 18.7 Å². The van der Waals surface area contributed by atoms with Crippen LogP contribution in [0.3, 0.4) is 0 Å². The van der Waals surface area contributed by atoms with Crippen molar-refractivity contribution in [3.63, 3.8) is 0 Å². The van der Waals surface area contributed by atoms with E-state index < -0.39 is 10.0 Å². The molecule has 1 aromatic carbocycles. The Balaban J connectivity index is 1.61. The van der Waals surface area contributed by atoms with Crippen molar-refractivity contribution in [3.8, 4) is 0 Å². The van der Waals surface area contributed by atoms with Gasteiger partial charge >= 0.3 is 6.03 Å². The van der Waals surface area contributed by atoms with Crippen molar-refractivity contribution >= 4 is 16.1 Å². The van der Waals surface area contributed by atoms with E-state index in [4.69, 9.17) is 4.74 Å². The zero-order valence-corrected chi connectivity index (χ0v) is 13.8. The third-order valence-electron chi connectivity index (χ3n) is 4.39. The van der Waals surface area contributed by atoms with Crippen LogP contribution in [-0.4, -0.2) is 68.3 Å². The highest BCUT2D eigenvalue weighted by atomic mass is 32.2. The number of nitrogens with one attached hydrogen (secondary N) is 1. The summed E-state index contributed by atoms with van der Waals surface area (Å²) < 4.78 is 31.1. The Hall–Kier alpha value is -1.64. The van der Waals surface area contributed by atoms with Crippen molar-refractivity contribution in [2.75, 3.05) is 32.5 Å². The van der Waals surface area contributed by atoms with Gasteiger partial charge in [0.2, 0.25) is 10.0 Å². The van der Waals surface area contributed by atoms with Crippen LogP contribution in [0.1, 0.15) is 5.56 Å². The van der Waals surface area contributed by atoms with Crippen molar-refractivity contribution in [1.82, 2.24) is 14.5 Å². The van der Waals surface area contributed by atoms with Crippen LogP contribution in [-0.2, 0) is 21.3 Å². The second kappa shape index (κ2) is 6.46. The summed E-state index contributed by atoms with van der Waals surface area (Å²) >= 11 is 0. The molecule has 0 radical (unpaired) electrons. The van der Waals surface area contributed by atoms with E-state index in [0.29, 0.717) is 19.6 Å². The van der Waals surface area contributed by atoms with Crippen LogP contribution in [0, 0.1) is 0 Å². The Morgan fingerprint density at radius 3 is 2.78 bits per heavy atom. The van der Waals surface area contributed by atoms with Gasteiger partial charge in [0.15, 0.2) is 0 Å². The summed E-state index contributed by atoms with van der Waals surface area (Å²) in [6.45, 7) is 1.37. The number of sulfonamides is 1. The molecule has 2 saturated heterocycles. The number of likely N-dealkylation sites (tertiary alicyclic amines) is 1. The fourth-order valence-electron chi connectivity index (χ4n) is 2.98. The first-order chi connectivity index (χ1) is 11.0. The van der Waals surface area contributed by atoms with Crippen LogP contribution in [0.2, 0.25) is 0 Å². The monoisotopic (exact) mass is 339 g/mol. The Morgan fingerprint density at radius 1 is 1.30 bits per heavy atom. The standard InChI is InChI=1S/C15H21N3O4S/c1-17-13-10-18(11-14(13)22-7-8-23(17,20)21)15(19)16-9-12-5-3-2-4-6-12/h2-6,13-14H,7-11H2,1H3,(H,16,19)/t13-,14+/m1/s1.